The number of hydrogen-bond acceptors (Lipinski definition) is 2. The SMILES string of the molecule is CC1CCCCN1C(=O)CCC(=O)O. The molecule has 0 aromatic heterocycles. The molecule has 1 aliphatic heterocycles. The van der Waals surface area contributed by atoms with Gasteiger partial charge in [0, 0.05) is 19.0 Å². The van der Waals surface area contributed by atoms with E-state index in [0.717, 1.165) is 19.4 Å². The van der Waals surface area contributed by atoms with Gasteiger partial charge in [0.2, 0.25) is 5.91 Å². The van der Waals surface area contributed by atoms with Gasteiger partial charge < -0.3 is 10.0 Å². The minimum absolute atomic E-state index is 0.0143. The third-order valence-corrected chi connectivity index (χ3v) is 2.68. The van der Waals surface area contributed by atoms with Crippen LogP contribution in [0.25, 0.3) is 0 Å². The highest BCUT2D eigenvalue weighted by Gasteiger charge is 2.22. The van der Waals surface area contributed by atoms with Crippen LogP contribution in [-0.4, -0.2) is 34.5 Å². The summed E-state index contributed by atoms with van der Waals surface area (Å²) < 4.78 is 0. The van der Waals surface area contributed by atoms with Crippen LogP contribution in [-0.2, 0) is 9.59 Å². The second-order valence-electron chi connectivity index (χ2n) is 3.83. The van der Waals surface area contributed by atoms with Crippen LogP contribution >= 0.6 is 0 Å². The van der Waals surface area contributed by atoms with E-state index in [1.165, 1.54) is 6.42 Å². The van der Waals surface area contributed by atoms with Crippen molar-refractivity contribution in [3.05, 3.63) is 0 Å². The highest BCUT2D eigenvalue weighted by atomic mass is 16.4. The van der Waals surface area contributed by atoms with Crippen LogP contribution in [0, 0.1) is 0 Å². The Morgan fingerprint density at radius 2 is 2.07 bits per heavy atom. The van der Waals surface area contributed by atoms with Gasteiger partial charge >= 0.3 is 5.97 Å². The Balaban J connectivity index is 2.38. The zero-order valence-electron chi connectivity index (χ0n) is 8.53. The zero-order valence-corrected chi connectivity index (χ0v) is 8.53. The molecule has 1 fully saturated rings. The van der Waals surface area contributed by atoms with Gasteiger partial charge in [0.1, 0.15) is 0 Å². The Morgan fingerprint density at radius 1 is 1.36 bits per heavy atom. The largest absolute Gasteiger partial charge is 0.481 e. The van der Waals surface area contributed by atoms with Crippen molar-refractivity contribution in [2.24, 2.45) is 0 Å². The Morgan fingerprint density at radius 3 is 2.64 bits per heavy atom. The van der Waals surface area contributed by atoms with E-state index in [2.05, 4.69) is 0 Å². The summed E-state index contributed by atoms with van der Waals surface area (Å²) in [6.45, 7) is 2.82. The van der Waals surface area contributed by atoms with Crippen LogP contribution in [0.2, 0.25) is 0 Å². The molecule has 1 amide bonds. The van der Waals surface area contributed by atoms with Crippen molar-refractivity contribution >= 4 is 11.9 Å². The molecular formula is C10H17NO3. The number of carboxylic acids is 1. The number of aliphatic carboxylic acids is 1. The summed E-state index contributed by atoms with van der Waals surface area (Å²) in [5.74, 6) is -0.914. The molecule has 0 saturated carbocycles. The first kappa shape index (κ1) is 11.0. The van der Waals surface area contributed by atoms with Gasteiger partial charge in [-0.25, -0.2) is 0 Å². The van der Waals surface area contributed by atoms with Gasteiger partial charge in [-0.1, -0.05) is 0 Å². The molecule has 1 saturated heterocycles. The molecule has 0 spiro atoms. The van der Waals surface area contributed by atoms with Crippen LogP contribution in [0.4, 0.5) is 0 Å². The lowest BCUT2D eigenvalue weighted by atomic mass is 10.0. The molecule has 14 heavy (non-hydrogen) atoms. The quantitative estimate of drug-likeness (QED) is 0.744. The van der Waals surface area contributed by atoms with Gasteiger partial charge in [-0.05, 0) is 26.2 Å². The van der Waals surface area contributed by atoms with Crippen molar-refractivity contribution < 1.29 is 14.7 Å². The molecule has 1 N–H and O–H groups in total. The Bertz CT molecular complexity index is 227. The highest BCUT2D eigenvalue weighted by Crippen LogP contribution is 2.17. The average Bonchev–Trinajstić information content (AvgIpc) is 2.15. The molecule has 1 aliphatic rings. The minimum atomic E-state index is -0.900. The molecule has 4 heteroatoms. The van der Waals surface area contributed by atoms with Crippen molar-refractivity contribution in [2.75, 3.05) is 6.54 Å². The summed E-state index contributed by atoms with van der Waals surface area (Å²) in [5.41, 5.74) is 0. The van der Waals surface area contributed by atoms with Gasteiger partial charge in [-0.2, -0.15) is 0 Å². The number of amides is 1. The van der Waals surface area contributed by atoms with Crippen LogP contribution in [0.3, 0.4) is 0 Å². The maximum atomic E-state index is 11.6. The number of hydrogen-bond donors (Lipinski definition) is 1. The number of piperidine rings is 1. The molecular weight excluding hydrogens is 182 g/mol. The van der Waals surface area contributed by atoms with Crippen molar-refractivity contribution in [1.82, 2.24) is 4.90 Å². The van der Waals surface area contributed by atoms with E-state index < -0.39 is 5.97 Å². The summed E-state index contributed by atoms with van der Waals surface area (Å²) >= 11 is 0. The topological polar surface area (TPSA) is 57.6 Å². The lowest BCUT2D eigenvalue weighted by Crippen LogP contribution is -2.42. The normalized spacial score (nSPS) is 22.1. The monoisotopic (exact) mass is 199 g/mol. The van der Waals surface area contributed by atoms with Gasteiger partial charge in [-0.3, -0.25) is 9.59 Å². The minimum Gasteiger partial charge on any atom is -0.481 e. The number of carboxylic acid groups (broad SMARTS) is 1. The standard InChI is InChI=1S/C10H17NO3/c1-8-4-2-3-7-11(8)9(12)5-6-10(13)14/h8H,2-7H2,1H3,(H,13,14). The second kappa shape index (κ2) is 4.98. The first-order valence-corrected chi connectivity index (χ1v) is 5.12. The van der Waals surface area contributed by atoms with Gasteiger partial charge in [0.05, 0.1) is 6.42 Å². The van der Waals surface area contributed by atoms with Crippen molar-refractivity contribution in [3.63, 3.8) is 0 Å². The fourth-order valence-electron chi connectivity index (χ4n) is 1.83. The number of likely N-dealkylation sites (tertiary alicyclic amines) is 1. The molecule has 1 heterocycles. The summed E-state index contributed by atoms with van der Waals surface area (Å²) in [7, 11) is 0. The fraction of sp³-hybridized carbons (Fsp3) is 0.800. The maximum Gasteiger partial charge on any atom is 0.303 e. The predicted octanol–water partition coefficient (Wildman–Crippen LogP) is 1.25. The van der Waals surface area contributed by atoms with E-state index in [-0.39, 0.29) is 24.8 Å². The van der Waals surface area contributed by atoms with E-state index in [1.54, 1.807) is 0 Å². The van der Waals surface area contributed by atoms with Gasteiger partial charge in [-0.15, -0.1) is 0 Å². The van der Waals surface area contributed by atoms with E-state index >= 15 is 0 Å². The van der Waals surface area contributed by atoms with Crippen LogP contribution in [0.5, 0.6) is 0 Å². The maximum absolute atomic E-state index is 11.6. The number of rotatable bonds is 3. The molecule has 0 aromatic carbocycles. The Kier molecular flexibility index (Phi) is 3.92. The summed E-state index contributed by atoms with van der Waals surface area (Å²) in [5, 5.41) is 8.46. The second-order valence-corrected chi connectivity index (χ2v) is 3.83. The van der Waals surface area contributed by atoms with Crippen LogP contribution in [0.15, 0.2) is 0 Å². The number of carbonyl (C=O) groups is 2. The third kappa shape index (κ3) is 3.01. The third-order valence-electron chi connectivity index (χ3n) is 2.68. The molecule has 0 radical (unpaired) electrons. The van der Waals surface area contributed by atoms with Crippen LogP contribution < -0.4 is 0 Å². The summed E-state index contributed by atoms with van der Waals surface area (Å²) in [4.78, 5) is 23.7. The molecule has 1 rings (SSSR count). The first-order valence-electron chi connectivity index (χ1n) is 5.12. The molecule has 4 nitrogen and oxygen atoms in total. The fourth-order valence-corrected chi connectivity index (χ4v) is 1.83. The lowest BCUT2D eigenvalue weighted by Gasteiger charge is -2.33. The van der Waals surface area contributed by atoms with Crippen LogP contribution in [0.1, 0.15) is 39.0 Å². The summed E-state index contributed by atoms with van der Waals surface area (Å²) in [6.07, 6.45) is 3.34. The molecule has 0 aliphatic carbocycles. The zero-order chi connectivity index (χ0) is 10.6. The number of nitrogens with zero attached hydrogens (tertiary/aromatic N) is 1. The number of carbonyl (C=O) groups excluding carboxylic acids is 1. The molecule has 80 valence electrons. The first-order chi connectivity index (χ1) is 6.61. The van der Waals surface area contributed by atoms with Crippen molar-refractivity contribution in [1.29, 1.82) is 0 Å². The van der Waals surface area contributed by atoms with E-state index in [0.29, 0.717) is 0 Å². The van der Waals surface area contributed by atoms with E-state index in [1.807, 2.05) is 11.8 Å². The molecule has 0 aromatic rings. The van der Waals surface area contributed by atoms with E-state index in [9.17, 15) is 9.59 Å². The Hall–Kier alpha value is -1.06. The highest BCUT2D eigenvalue weighted by molar-refractivity contribution is 5.81. The van der Waals surface area contributed by atoms with Gasteiger partial charge in [0.15, 0.2) is 0 Å². The predicted molar refractivity (Wildman–Crippen MR) is 51.9 cm³/mol. The average molecular weight is 199 g/mol. The molecule has 1 atom stereocenters. The van der Waals surface area contributed by atoms with Gasteiger partial charge in [0.25, 0.3) is 0 Å². The van der Waals surface area contributed by atoms with Crippen molar-refractivity contribution in [3.8, 4) is 0 Å². The summed E-state index contributed by atoms with van der Waals surface area (Å²) in [6, 6.07) is 0.282. The molecule has 1 unspecified atom stereocenters. The van der Waals surface area contributed by atoms with Crippen molar-refractivity contribution in [2.45, 2.75) is 45.1 Å². The Labute approximate surface area is 83.9 Å². The molecule has 0 bridgehead atoms. The smallest absolute Gasteiger partial charge is 0.303 e. The van der Waals surface area contributed by atoms with E-state index in [4.69, 9.17) is 5.11 Å². The lowest BCUT2D eigenvalue weighted by molar-refractivity contribution is -0.142.